The molecule has 28 heavy (non-hydrogen) atoms. The Morgan fingerprint density at radius 2 is 1.54 bits per heavy atom. The van der Waals surface area contributed by atoms with E-state index in [0.29, 0.717) is 15.7 Å². The average Bonchev–Trinajstić information content (AvgIpc) is 2.71. The molecule has 0 saturated carbocycles. The van der Waals surface area contributed by atoms with E-state index in [9.17, 15) is 9.59 Å². The molecular formula is C20H17Cl2NO5. The first-order valence-corrected chi connectivity index (χ1v) is 9.01. The second-order valence-corrected chi connectivity index (χ2v) is 6.79. The largest absolute Gasteiger partial charge is 0.466 e. The molecule has 0 fully saturated rings. The summed E-state index contributed by atoms with van der Waals surface area (Å²) >= 11 is 12.1. The van der Waals surface area contributed by atoms with Crippen LogP contribution in [0.3, 0.4) is 0 Å². The lowest BCUT2D eigenvalue weighted by molar-refractivity contribution is -0.140. The molecule has 1 heterocycles. The predicted molar refractivity (Wildman–Crippen MR) is 106 cm³/mol. The first kappa shape index (κ1) is 20.2. The van der Waals surface area contributed by atoms with Gasteiger partial charge in [0.25, 0.3) is 0 Å². The number of rotatable bonds is 4. The third-order valence-corrected chi connectivity index (χ3v) is 4.64. The van der Waals surface area contributed by atoms with Crippen LogP contribution in [-0.4, -0.2) is 39.5 Å². The van der Waals surface area contributed by atoms with Crippen LogP contribution >= 0.6 is 23.2 Å². The number of carbonyl (C=O) groups is 2. The number of benzene rings is 2. The molecule has 0 bridgehead atoms. The summed E-state index contributed by atoms with van der Waals surface area (Å²) in [5.74, 6) is -1.29. The van der Waals surface area contributed by atoms with Gasteiger partial charge in [0, 0.05) is 15.7 Å². The number of esters is 2. The zero-order valence-electron chi connectivity index (χ0n) is 15.2. The van der Waals surface area contributed by atoms with E-state index in [4.69, 9.17) is 37.4 Å². The van der Waals surface area contributed by atoms with Gasteiger partial charge in [-0.25, -0.2) is 9.59 Å². The quantitative estimate of drug-likeness (QED) is 0.693. The van der Waals surface area contributed by atoms with Crippen LogP contribution in [0.15, 0.2) is 53.7 Å². The molecule has 0 aromatic heterocycles. The fourth-order valence-corrected chi connectivity index (χ4v) is 3.43. The van der Waals surface area contributed by atoms with Gasteiger partial charge in [-0.1, -0.05) is 35.3 Å². The monoisotopic (exact) mass is 421 g/mol. The van der Waals surface area contributed by atoms with Crippen molar-refractivity contribution in [2.75, 3.05) is 32.5 Å². The van der Waals surface area contributed by atoms with Gasteiger partial charge in [-0.05, 0) is 41.5 Å². The lowest BCUT2D eigenvalue weighted by atomic mass is 10.0. The molecule has 0 atom stereocenters. The van der Waals surface area contributed by atoms with Gasteiger partial charge in [0.15, 0.2) is 0 Å². The van der Waals surface area contributed by atoms with Crippen molar-refractivity contribution in [2.45, 2.75) is 0 Å². The molecular weight excluding hydrogens is 405 g/mol. The average molecular weight is 422 g/mol. The number of ether oxygens (including phenoxy) is 3. The number of halogens is 2. The zero-order valence-corrected chi connectivity index (χ0v) is 16.7. The number of carbonyl (C=O) groups excluding carboxylic acids is 2. The van der Waals surface area contributed by atoms with Crippen LogP contribution in [-0.2, 0) is 23.8 Å². The Labute approximate surface area is 172 Å². The topological polar surface area (TPSA) is 65.1 Å². The van der Waals surface area contributed by atoms with Crippen LogP contribution in [0, 0.1) is 0 Å². The van der Waals surface area contributed by atoms with Crippen LogP contribution in [0.2, 0.25) is 10.0 Å². The first-order chi connectivity index (χ1) is 13.4. The van der Waals surface area contributed by atoms with E-state index in [0.717, 1.165) is 11.1 Å². The summed E-state index contributed by atoms with van der Waals surface area (Å²) in [6.07, 6.45) is 0. The zero-order chi connectivity index (χ0) is 20.3. The van der Waals surface area contributed by atoms with Gasteiger partial charge < -0.3 is 19.1 Å². The minimum Gasteiger partial charge on any atom is -0.466 e. The van der Waals surface area contributed by atoms with Gasteiger partial charge in [-0.2, -0.15) is 0 Å². The normalized spacial score (nSPS) is 14.1. The summed E-state index contributed by atoms with van der Waals surface area (Å²) in [6.45, 7) is 0.0555. The summed E-state index contributed by atoms with van der Waals surface area (Å²) in [4.78, 5) is 26.0. The smallest absolute Gasteiger partial charge is 0.355 e. The molecule has 3 rings (SSSR count). The first-order valence-electron chi connectivity index (χ1n) is 8.26. The van der Waals surface area contributed by atoms with E-state index in [-0.39, 0.29) is 24.6 Å². The maximum Gasteiger partial charge on any atom is 0.355 e. The predicted octanol–water partition coefficient (Wildman–Crippen LogP) is 4.05. The Bertz CT molecular complexity index is 920. The summed E-state index contributed by atoms with van der Waals surface area (Å²) in [5.41, 5.74) is 2.60. The maximum absolute atomic E-state index is 12.3. The highest BCUT2D eigenvalue weighted by molar-refractivity contribution is 6.35. The second-order valence-electron chi connectivity index (χ2n) is 5.92. The van der Waals surface area contributed by atoms with E-state index < -0.39 is 11.9 Å². The molecule has 8 heteroatoms. The minimum atomic E-state index is -0.644. The number of methoxy groups -OCH3 is 2. The number of hydrogen-bond acceptors (Lipinski definition) is 6. The molecule has 0 amide bonds. The fraction of sp³-hybridized carbons (Fsp3) is 0.200. The molecule has 1 aliphatic rings. The molecule has 2 aromatic rings. The summed E-state index contributed by atoms with van der Waals surface area (Å²) in [6, 6.07) is 12.6. The summed E-state index contributed by atoms with van der Waals surface area (Å²) in [5, 5.41) is 1.07. The third kappa shape index (κ3) is 4.14. The molecule has 0 saturated heterocycles. The van der Waals surface area contributed by atoms with Gasteiger partial charge in [-0.15, -0.1) is 0 Å². The minimum absolute atomic E-state index is 0.0350. The molecule has 0 spiro atoms. The highest BCUT2D eigenvalue weighted by atomic mass is 35.5. The van der Waals surface area contributed by atoms with Gasteiger partial charge in [-0.3, -0.25) is 0 Å². The lowest BCUT2D eigenvalue weighted by Crippen LogP contribution is -2.38. The summed E-state index contributed by atoms with van der Waals surface area (Å²) < 4.78 is 15.1. The SMILES string of the molecule is COC(=O)C1=C(C(=O)OC)N(c2ccc(-c3cc(Cl)cc(Cl)c3)cc2)COC1. The maximum atomic E-state index is 12.3. The van der Waals surface area contributed by atoms with Gasteiger partial charge in [0.1, 0.15) is 12.4 Å². The van der Waals surface area contributed by atoms with E-state index in [1.165, 1.54) is 14.2 Å². The van der Waals surface area contributed by atoms with Crippen LogP contribution < -0.4 is 4.90 Å². The molecule has 0 radical (unpaired) electrons. The van der Waals surface area contributed by atoms with E-state index >= 15 is 0 Å². The van der Waals surface area contributed by atoms with Crippen molar-refractivity contribution in [3.8, 4) is 11.1 Å². The Balaban J connectivity index is 1.99. The fourth-order valence-electron chi connectivity index (χ4n) is 2.90. The van der Waals surface area contributed by atoms with Crippen LogP contribution in [0.5, 0.6) is 0 Å². The second kappa shape index (κ2) is 8.65. The lowest BCUT2D eigenvalue weighted by Gasteiger charge is -2.31. The number of hydrogen-bond donors (Lipinski definition) is 0. The Hall–Kier alpha value is -2.54. The van der Waals surface area contributed by atoms with Crippen molar-refractivity contribution in [2.24, 2.45) is 0 Å². The summed E-state index contributed by atoms with van der Waals surface area (Å²) in [7, 11) is 2.50. The highest BCUT2D eigenvalue weighted by Crippen LogP contribution is 2.31. The molecule has 6 nitrogen and oxygen atoms in total. The van der Waals surface area contributed by atoms with E-state index in [2.05, 4.69) is 0 Å². The molecule has 2 aromatic carbocycles. The van der Waals surface area contributed by atoms with Crippen molar-refractivity contribution in [1.29, 1.82) is 0 Å². The molecule has 0 aliphatic carbocycles. The Morgan fingerprint density at radius 3 is 2.11 bits per heavy atom. The molecule has 146 valence electrons. The van der Waals surface area contributed by atoms with Crippen LogP contribution in [0.25, 0.3) is 11.1 Å². The standard InChI is InChI=1S/C20H17Cl2NO5/c1-26-19(24)17-10-28-11-23(18(17)20(25)27-2)16-5-3-12(4-6-16)13-7-14(21)9-15(22)8-13/h3-9H,10-11H2,1-2H3. The molecule has 0 N–H and O–H groups in total. The van der Waals surface area contributed by atoms with Crippen LogP contribution in [0.4, 0.5) is 5.69 Å². The number of anilines is 1. The van der Waals surface area contributed by atoms with E-state index in [1.807, 2.05) is 24.3 Å². The van der Waals surface area contributed by atoms with Crippen LogP contribution in [0.1, 0.15) is 0 Å². The Kier molecular flexibility index (Phi) is 6.24. The van der Waals surface area contributed by atoms with Crippen molar-refractivity contribution < 1.29 is 23.8 Å². The highest BCUT2D eigenvalue weighted by Gasteiger charge is 2.32. The molecule has 1 aliphatic heterocycles. The van der Waals surface area contributed by atoms with Crippen molar-refractivity contribution >= 4 is 40.8 Å². The van der Waals surface area contributed by atoms with Crippen molar-refractivity contribution in [1.82, 2.24) is 0 Å². The molecule has 0 unspecified atom stereocenters. The third-order valence-electron chi connectivity index (χ3n) is 4.21. The van der Waals surface area contributed by atoms with Crippen molar-refractivity contribution in [3.05, 3.63) is 63.8 Å². The Morgan fingerprint density at radius 1 is 0.929 bits per heavy atom. The van der Waals surface area contributed by atoms with Gasteiger partial charge >= 0.3 is 11.9 Å². The number of nitrogens with zero attached hydrogens (tertiary/aromatic N) is 1. The van der Waals surface area contributed by atoms with E-state index in [1.54, 1.807) is 23.1 Å². The van der Waals surface area contributed by atoms with Gasteiger partial charge in [0.2, 0.25) is 0 Å². The van der Waals surface area contributed by atoms with Gasteiger partial charge in [0.05, 0.1) is 26.4 Å². The van der Waals surface area contributed by atoms with Crippen molar-refractivity contribution in [3.63, 3.8) is 0 Å².